The van der Waals surface area contributed by atoms with Crippen LogP contribution < -0.4 is 4.90 Å². The van der Waals surface area contributed by atoms with Crippen molar-refractivity contribution in [2.24, 2.45) is 0 Å². The number of halogens is 3. The van der Waals surface area contributed by atoms with Crippen molar-refractivity contribution in [3.8, 4) is 0 Å². The van der Waals surface area contributed by atoms with Gasteiger partial charge in [-0.15, -0.1) is 0 Å². The van der Waals surface area contributed by atoms with Gasteiger partial charge in [-0.25, -0.2) is 4.98 Å². The number of rotatable bonds is 3. The Morgan fingerprint density at radius 3 is 2.60 bits per heavy atom. The van der Waals surface area contributed by atoms with Crippen LogP contribution in [0.1, 0.15) is 5.69 Å². The van der Waals surface area contributed by atoms with Crippen LogP contribution in [-0.4, -0.2) is 29.9 Å². The summed E-state index contributed by atoms with van der Waals surface area (Å²) < 4.78 is 36.2. The maximum absolute atomic E-state index is 12.1. The molecule has 0 saturated carbocycles. The molecule has 0 atom stereocenters. The maximum Gasteiger partial charge on any atom is 0.405 e. The molecule has 15 heavy (non-hydrogen) atoms. The molecule has 1 aromatic heterocycles. The number of hydrogen-bond acceptors (Lipinski definition) is 3. The van der Waals surface area contributed by atoms with Crippen LogP contribution in [0.3, 0.4) is 0 Å². The van der Waals surface area contributed by atoms with E-state index in [1.54, 1.807) is 12.1 Å². The fourth-order valence-electron chi connectivity index (χ4n) is 1.12. The SMILES string of the molecule is CN(CC(F)(F)F)c1cccc(CO)n1. The minimum atomic E-state index is -4.26. The summed E-state index contributed by atoms with van der Waals surface area (Å²) in [6.45, 7) is -1.34. The van der Waals surface area contributed by atoms with E-state index in [-0.39, 0.29) is 12.4 Å². The van der Waals surface area contributed by atoms with E-state index in [1.165, 1.54) is 13.1 Å². The number of aromatic nitrogens is 1. The van der Waals surface area contributed by atoms with Crippen molar-refractivity contribution in [2.75, 3.05) is 18.5 Å². The first-order valence-corrected chi connectivity index (χ1v) is 4.27. The molecule has 0 radical (unpaired) electrons. The second-order valence-electron chi connectivity index (χ2n) is 3.12. The van der Waals surface area contributed by atoms with Crippen molar-refractivity contribution in [1.29, 1.82) is 0 Å². The Balaban J connectivity index is 2.77. The van der Waals surface area contributed by atoms with E-state index < -0.39 is 12.7 Å². The van der Waals surface area contributed by atoms with Crippen molar-refractivity contribution >= 4 is 5.82 Å². The highest BCUT2D eigenvalue weighted by atomic mass is 19.4. The van der Waals surface area contributed by atoms with E-state index in [9.17, 15) is 13.2 Å². The molecule has 0 bridgehead atoms. The zero-order valence-corrected chi connectivity index (χ0v) is 8.12. The predicted octanol–water partition coefficient (Wildman–Crippen LogP) is 1.57. The van der Waals surface area contributed by atoms with Gasteiger partial charge in [-0.05, 0) is 12.1 Å². The molecule has 0 aromatic carbocycles. The van der Waals surface area contributed by atoms with Gasteiger partial charge in [0.15, 0.2) is 0 Å². The number of aliphatic hydroxyl groups is 1. The van der Waals surface area contributed by atoms with Gasteiger partial charge in [-0.2, -0.15) is 13.2 Å². The third-order valence-electron chi connectivity index (χ3n) is 1.76. The summed E-state index contributed by atoms with van der Waals surface area (Å²) >= 11 is 0. The van der Waals surface area contributed by atoms with Crippen molar-refractivity contribution in [3.05, 3.63) is 23.9 Å². The minimum absolute atomic E-state index is 0.193. The smallest absolute Gasteiger partial charge is 0.390 e. The molecule has 1 heterocycles. The Kier molecular flexibility index (Phi) is 3.52. The molecule has 0 aliphatic heterocycles. The number of alkyl halides is 3. The van der Waals surface area contributed by atoms with Crippen LogP contribution in [0.2, 0.25) is 0 Å². The van der Waals surface area contributed by atoms with E-state index in [0.717, 1.165) is 4.90 Å². The first-order valence-electron chi connectivity index (χ1n) is 4.27. The number of anilines is 1. The zero-order chi connectivity index (χ0) is 11.5. The Bertz CT molecular complexity index is 327. The fourth-order valence-corrected chi connectivity index (χ4v) is 1.12. The van der Waals surface area contributed by atoms with Gasteiger partial charge in [0.25, 0.3) is 0 Å². The normalized spacial score (nSPS) is 11.5. The van der Waals surface area contributed by atoms with Crippen LogP contribution in [0.4, 0.5) is 19.0 Å². The summed E-state index contributed by atoms with van der Waals surface area (Å²) in [5, 5.41) is 8.77. The summed E-state index contributed by atoms with van der Waals surface area (Å²) in [7, 11) is 1.30. The number of hydrogen-bond donors (Lipinski definition) is 1. The average Bonchev–Trinajstić information content (AvgIpc) is 2.15. The van der Waals surface area contributed by atoms with Crippen LogP contribution in [0.5, 0.6) is 0 Å². The topological polar surface area (TPSA) is 36.4 Å². The van der Waals surface area contributed by atoms with Gasteiger partial charge < -0.3 is 10.0 Å². The summed E-state index contributed by atoms with van der Waals surface area (Å²) in [5.41, 5.74) is 0.349. The van der Waals surface area contributed by atoms with Gasteiger partial charge in [0, 0.05) is 7.05 Å². The maximum atomic E-state index is 12.1. The van der Waals surface area contributed by atoms with Crippen LogP contribution in [0.15, 0.2) is 18.2 Å². The van der Waals surface area contributed by atoms with Gasteiger partial charge in [0.1, 0.15) is 12.4 Å². The Morgan fingerprint density at radius 2 is 2.07 bits per heavy atom. The molecule has 3 nitrogen and oxygen atoms in total. The Hall–Kier alpha value is -1.30. The molecule has 84 valence electrons. The molecule has 0 aliphatic rings. The highest BCUT2D eigenvalue weighted by Gasteiger charge is 2.29. The second kappa shape index (κ2) is 4.48. The fraction of sp³-hybridized carbons (Fsp3) is 0.444. The third kappa shape index (κ3) is 3.75. The molecular weight excluding hydrogens is 209 g/mol. The number of pyridine rings is 1. The molecule has 1 aromatic rings. The van der Waals surface area contributed by atoms with Crippen molar-refractivity contribution in [3.63, 3.8) is 0 Å². The Morgan fingerprint density at radius 1 is 1.40 bits per heavy atom. The lowest BCUT2D eigenvalue weighted by Crippen LogP contribution is -2.31. The largest absolute Gasteiger partial charge is 0.405 e. The van der Waals surface area contributed by atoms with E-state index >= 15 is 0 Å². The van der Waals surface area contributed by atoms with Crippen molar-refractivity contribution in [1.82, 2.24) is 4.98 Å². The lowest BCUT2D eigenvalue weighted by atomic mass is 10.3. The lowest BCUT2D eigenvalue weighted by molar-refractivity contribution is -0.119. The number of aliphatic hydroxyl groups excluding tert-OH is 1. The molecule has 0 fully saturated rings. The predicted molar refractivity (Wildman–Crippen MR) is 49.5 cm³/mol. The number of nitrogens with zero attached hydrogens (tertiary/aromatic N) is 2. The van der Waals surface area contributed by atoms with Gasteiger partial charge in [-0.1, -0.05) is 6.07 Å². The molecule has 0 aliphatic carbocycles. The molecule has 0 saturated heterocycles. The van der Waals surface area contributed by atoms with Crippen LogP contribution in [-0.2, 0) is 6.61 Å². The first kappa shape index (κ1) is 11.8. The van der Waals surface area contributed by atoms with Crippen molar-refractivity contribution < 1.29 is 18.3 Å². The monoisotopic (exact) mass is 220 g/mol. The molecule has 0 spiro atoms. The quantitative estimate of drug-likeness (QED) is 0.840. The second-order valence-corrected chi connectivity index (χ2v) is 3.12. The van der Waals surface area contributed by atoms with E-state index in [0.29, 0.717) is 5.69 Å². The lowest BCUT2D eigenvalue weighted by Gasteiger charge is -2.20. The highest BCUT2D eigenvalue weighted by Crippen LogP contribution is 2.19. The molecule has 0 unspecified atom stereocenters. The van der Waals surface area contributed by atoms with Gasteiger partial charge in [0.2, 0.25) is 0 Å². The highest BCUT2D eigenvalue weighted by molar-refractivity contribution is 5.38. The van der Waals surface area contributed by atoms with Crippen LogP contribution >= 0.6 is 0 Å². The van der Waals surface area contributed by atoms with Crippen molar-refractivity contribution in [2.45, 2.75) is 12.8 Å². The molecular formula is C9H11F3N2O. The minimum Gasteiger partial charge on any atom is -0.390 e. The van der Waals surface area contributed by atoms with Gasteiger partial charge in [0.05, 0.1) is 12.3 Å². The van der Waals surface area contributed by atoms with Crippen LogP contribution in [0, 0.1) is 0 Å². The summed E-state index contributed by atoms with van der Waals surface area (Å²) in [6, 6.07) is 4.57. The standard InChI is InChI=1S/C9H11F3N2O/c1-14(6-9(10,11)12)8-4-2-3-7(5-15)13-8/h2-4,15H,5-6H2,1H3. The average molecular weight is 220 g/mol. The third-order valence-corrected chi connectivity index (χ3v) is 1.76. The van der Waals surface area contributed by atoms with E-state index in [2.05, 4.69) is 4.98 Å². The molecule has 1 rings (SSSR count). The molecule has 0 amide bonds. The Labute approximate surface area is 85.2 Å². The molecule has 6 heteroatoms. The molecule has 1 N–H and O–H groups in total. The van der Waals surface area contributed by atoms with Crippen LogP contribution in [0.25, 0.3) is 0 Å². The first-order chi connectivity index (χ1) is 6.92. The van der Waals surface area contributed by atoms with Gasteiger partial charge >= 0.3 is 6.18 Å². The van der Waals surface area contributed by atoms with E-state index in [4.69, 9.17) is 5.11 Å². The summed E-state index contributed by atoms with van der Waals surface area (Å²) in [4.78, 5) is 4.84. The summed E-state index contributed by atoms with van der Waals surface area (Å²) in [5.74, 6) is 0.193. The van der Waals surface area contributed by atoms with E-state index in [1.807, 2.05) is 0 Å². The summed E-state index contributed by atoms with van der Waals surface area (Å²) in [6.07, 6.45) is -4.26. The zero-order valence-electron chi connectivity index (χ0n) is 8.12. The van der Waals surface area contributed by atoms with Gasteiger partial charge in [-0.3, -0.25) is 0 Å².